The molecule has 1 saturated heterocycles. The van der Waals surface area contributed by atoms with E-state index in [9.17, 15) is 4.79 Å². The highest BCUT2D eigenvalue weighted by molar-refractivity contribution is 6.30. The number of piperazine rings is 1. The third-order valence-electron chi connectivity index (χ3n) is 5.56. The highest BCUT2D eigenvalue weighted by Gasteiger charge is 2.17. The summed E-state index contributed by atoms with van der Waals surface area (Å²) in [6.07, 6.45) is 1.00. The maximum Gasteiger partial charge on any atom is 0.278 e. The molecule has 1 fully saturated rings. The van der Waals surface area contributed by atoms with Crippen molar-refractivity contribution in [1.82, 2.24) is 24.8 Å². The number of rotatable bonds is 6. The third kappa shape index (κ3) is 5.50. The zero-order chi connectivity index (χ0) is 21.8. The lowest BCUT2D eigenvalue weighted by molar-refractivity contribution is 0.102. The standard InChI is InChI=1S/C23H27ClN6O/c1-17-22(27-30(26-17)21-5-3-4-19(24)16-21)23(31)25-20-8-6-18(7-9-20)10-11-29-14-12-28(2)13-15-29/h3-9,16H,10-15H2,1-2H3,(H,25,31). The molecule has 3 aromatic rings. The fourth-order valence-electron chi connectivity index (χ4n) is 3.61. The Morgan fingerprint density at radius 1 is 1.06 bits per heavy atom. The number of aryl methyl sites for hydroxylation is 1. The maximum atomic E-state index is 12.7. The molecule has 0 aliphatic carbocycles. The number of halogens is 1. The lowest BCUT2D eigenvalue weighted by Crippen LogP contribution is -2.45. The van der Waals surface area contributed by atoms with Gasteiger partial charge in [0, 0.05) is 43.4 Å². The van der Waals surface area contributed by atoms with E-state index < -0.39 is 0 Å². The summed E-state index contributed by atoms with van der Waals surface area (Å²) < 4.78 is 0. The van der Waals surface area contributed by atoms with E-state index in [0.717, 1.165) is 44.8 Å². The SMILES string of the molecule is Cc1nn(-c2cccc(Cl)c2)nc1C(=O)Nc1ccc(CCN2CCN(C)CC2)cc1. The molecule has 0 unspecified atom stereocenters. The fraction of sp³-hybridized carbons (Fsp3) is 0.348. The molecular formula is C23H27ClN6O. The Labute approximate surface area is 187 Å². The number of nitrogens with one attached hydrogen (secondary N) is 1. The molecule has 7 nitrogen and oxygen atoms in total. The molecule has 0 spiro atoms. The number of hydrogen-bond donors (Lipinski definition) is 1. The monoisotopic (exact) mass is 438 g/mol. The van der Waals surface area contributed by atoms with Crippen LogP contribution >= 0.6 is 11.6 Å². The Hall–Kier alpha value is -2.74. The molecule has 1 amide bonds. The molecule has 2 heterocycles. The van der Waals surface area contributed by atoms with E-state index in [1.165, 1.54) is 10.4 Å². The number of carbonyl (C=O) groups excluding carboxylic acids is 1. The van der Waals surface area contributed by atoms with Gasteiger partial charge in [-0.05, 0) is 56.3 Å². The second kappa shape index (κ2) is 9.60. The van der Waals surface area contributed by atoms with Crippen LogP contribution in [0.4, 0.5) is 5.69 Å². The van der Waals surface area contributed by atoms with Gasteiger partial charge in [-0.15, -0.1) is 5.10 Å². The smallest absolute Gasteiger partial charge is 0.278 e. The first-order chi connectivity index (χ1) is 15.0. The molecule has 4 rings (SSSR count). The summed E-state index contributed by atoms with van der Waals surface area (Å²) in [6, 6.07) is 15.2. The van der Waals surface area contributed by atoms with Gasteiger partial charge in [-0.1, -0.05) is 29.8 Å². The summed E-state index contributed by atoms with van der Waals surface area (Å²) in [4.78, 5) is 19.0. The van der Waals surface area contributed by atoms with Crippen molar-refractivity contribution in [1.29, 1.82) is 0 Å². The summed E-state index contributed by atoms with van der Waals surface area (Å²) in [5, 5.41) is 12.2. The van der Waals surface area contributed by atoms with Crippen molar-refractivity contribution in [3.05, 3.63) is 70.5 Å². The number of carbonyl (C=O) groups is 1. The van der Waals surface area contributed by atoms with Crippen LogP contribution < -0.4 is 5.32 Å². The number of anilines is 1. The van der Waals surface area contributed by atoms with Crippen LogP contribution in [0.15, 0.2) is 48.5 Å². The number of nitrogens with zero attached hydrogens (tertiary/aromatic N) is 5. The van der Waals surface area contributed by atoms with Crippen molar-refractivity contribution < 1.29 is 4.79 Å². The Balaban J connectivity index is 1.35. The minimum atomic E-state index is -0.282. The molecule has 1 aromatic heterocycles. The third-order valence-corrected chi connectivity index (χ3v) is 5.80. The first-order valence-electron chi connectivity index (χ1n) is 10.5. The molecule has 1 N–H and O–H groups in total. The second-order valence-electron chi connectivity index (χ2n) is 7.95. The van der Waals surface area contributed by atoms with Gasteiger partial charge in [0.1, 0.15) is 0 Å². The van der Waals surface area contributed by atoms with Crippen LogP contribution in [0, 0.1) is 6.92 Å². The van der Waals surface area contributed by atoms with Gasteiger partial charge in [-0.3, -0.25) is 4.79 Å². The van der Waals surface area contributed by atoms with Gasteiger partial charge < -0.3 is 15.1 Å². The van der Waals surface area contributed by atoms with Gasteiger partial charge >= 0.3 is 0 Å². The molecule has 1 aliphatic rings. The van der Waals surface area contributed by atoms with Gasteiger partial charge in [0.15, 0.2) is 5.69 Å². The summed E-state index contributed by atoms with van der Waals surface area (Å²) in [5.41, 5.74) is 3.56. The Morgan fingerprint density at radius 3 is 2.52 bits per heavy atom. The number of aromatic nitrogens is 3. The highest BCUT2D eigenvalue weighted by atomic mass is 35.5. The van der Waals surface area contributed by atoms with Crippen molar-refractivity contribution in [2.45, 2.75) is 13.3 Å². The van der Waals surface area contributed by atoms with E-state index >= 15 is 0 Å². The van der Waals surface area contributed by atoms with Crippen LogP contribution in [0.25, 0.3) is 5.69 Å². The van der Waals surface area contributed by atoms with Gasteiger partial charge in [0.05, 0.1) is 11.4 Å². The number of benzene rings is 2. The number of hydrogen-bond acceptors (Lipinski definition) is 5. The van der Waals surface area contributed by atoms with Crippen LogP contribution in [0.2, 0.25) is 5.02 Å². The normalized spacial score (nSPS) is 15.2. The van der Waals surface area contributed by atoms with Gasteiger partial charge in [0.2, 0.25) is 0 Å². The molecule has 0 radical (unpaired) electrons. The van der Waals surface area contributed by atoms with Crippen LogP contribution in [0.5, 0.6) is 0 Å². The average Bonchev–Trinajstić information content (AvgIpc) is 3.16. The summed E-state index contributed by atoms with van der Waals surface area (Å²) in [6.45, 7) is 7.34. The van der Waals surface area contributed by atoms with Gasteiger partial charge in [-0.25, -0.2) is 0 Å². The summed E-state index contributed by atoms with van der Waals surface area (Å²) >= 11 is 6.04. The topological polar surface area (TPSA) is 66.3 Å². The van der Waals surface area contributed by atoms with Crippen molar-refractivity contribution in [3.63, 3.8) is 0 Å². The first-order valence-corrected chi connectivity index (χ1v) is 10.9. The largest absolute Gasteiger partial charge is 0.321 e. The van der Waals surface area contributed by atoms with E-state index in [2.05, 4.69) is 44.5 Å². The van der Waals surface area contributed by atoms with Crippen molar-refractivity contribution in [2.75, 3.05) is 45.1 Å². The van der Waals surface area contributed by atoms with E-state index in [-0.39, 0.29) is 5.91 Å². The highest BCUT2D eigenvalue weighted by Crippen LogP contribution is 2.16. The molecule has 0 bridgehead atoms. The Bertz CT molecular complexity index is 1040. The lowest BCUT2D eigenvalue weighted by Gasteiger charge is -2.32. The van der Waals surface area contributed by atoms with Crippen LogP contribution in [-0.4, -0.2) is 70.5 Å². The molecule has 0 atom stereocenters. The number of likely N-dealkylation sites (N-methyl/N-ethyl adjacent to an activating group) is 1. The van der Waals surface area contributed by atoms with E-state index in [1.807, 2.05) is 24.3 Å². The molecule has 8 heteroatoms. The second-order valence-corrected chi connectivity index (χ2v) is 8.39. The van der Waals surface area contributed by atoms with Crippen LogP contribution in [-0.2, 0) is 6.42 Å². The number of amides is 1. The average molecular weight is 439 g/mol. The molecule has 162 valence electrons. The molecule has 31 heavy (non-hydrogen) atoms. The predicted molar refractivity (Wildman–Crippen MR) is 123 cm³/mol. The first kappa shape index (κ1) is 21.5. The molecule has 2 aromatic carbocycles. The van der Waals surface area contributed by atoms with E-state index in [0.29, 0.717) is 22.1 Å². The van der Waals surface area contributed by atoms with Gasteiger partial charge in [-0.2, -0.15) is 9.90 Å². The van der Waals surface area contributed by atoms with Gasteiger partial charge in [0.25, 0.3) is 5.91 Å². The van der Waals surface area contributed by atoms with Crippen molar-refractivity contribution in [3.8, 4) is 5.69 Å². The zero-order valence-corrected chi connectivity index (χ0v) is 18.6. The molecular weight excluding hydrogens is 412 g/mol. The van der Waals surface area contributed by atoms with Crippen molar-refractivity contribution in [2.24, 2.45) is 0 Å². The Morgan fingerprint density at radius 2 is 1.81 bits per heavy atom. The minimum absolute atomic E-state index is 0.282. The van der Waals surface area contributed by atoms with E-state index in [4.69, 9.17) is 11.6 Å². The predicted octanol–water partition coefficient (Wildman–Crippen LogP) is 3.27. The van der Waals surface area contributed by atoms with E-state index in [1.54, 1.807) is 19.1 Å². The zero-order valence-electron chi connectivity index (χ0n) is 17.9. The quantitative estimate of drug-likeness (QED) is 0.639. The molecule has 1 aliphatic heterocycles. The molecule has 0 saturated carbocycles. The summed E-state index contributed by atoms with van der Waals surface area (Å²) in [7, 11) is 2.17. The fourth-order valence-corrected chi connectivity index (χ4v) is 3.79. The van der Waals surface area contributed by atoms with Crippen LogP contribution in [0.1, 0.15) is 21.7 Å². The van der Waals surface area contributed by atoms with Crippen LogP contribution in [0.3, 0.4) is 0 Å². The van der Waals surface area contributed by atoms with Crippen molar-refractivity contribution >= 4 is 23.2 Å². The summed E-state index contributed by atoms with van der Waals surface area (Å²) in [5.74, 6) is -0.282. The minimum Gasteiger partial charge on any atom is -0.321 e. The Kier molecular flexibility index (Phi) is 6.65. The maximum absolute atomic E-state index is 12.7. The lowest BCUT2D eigenvalue weighted by atomic mass is 10.1.